The van der Waals surface area contributed by atoms with E-state index in [1.54, 1.807) is 9.80 Å². The van der Waals surface area contributed by atoms with E-state index in [2.05, 4.69) is 20.4 Å². The molecular weight excluding hydrogens is 772 g/mol. The average Bonchev–Trinajstić information content (AvgIpc) is 4.14. The van der Waals surface area contributed by atoms with Gasteiger partial charge in [0.1, 0.15) is 17.7 Å². The first-order valence-corrected chi connectivity index (χ1v) is 19.1. The zero-order chi connectivity index (χ0) is 41.5. The summed E-state index contributed by atoms with van der Waals surface area (Å²) in [7, 11) is 0. The molecule has 4 N–H and O–H groups in total. The van der Waals surface area contributed by atoms with Crippen LogP contribution in [0.4, 0.5) is 22.4 Å². The SMILES string of the molecule is CC(OC(N)=O)c1oc(-c2ccc(OC(F)F)c(OCCCCC(=O)N3CCN(C(=O)C4CC4)CC3)c2)nc1C(=O)NC(C(=O)NCC1CC1)c1ccc(F)cc1F. The molecule has 2 unspecified atom stereocenters. The van der Waals surface area contributed by atoms with Gasteiger partial charge in [0.05, 0.1) is 6.61 Å². The van der Waals surface area contributed by atoms with Gasteiger partial charge in [-0.15, -0.1) is 0 Å². The van der Waals surface area contributed by atoms with Crippen molar-refractivity contribution in [1.82, 2.24) is 25.4 Å². The molecule has 0 bridgehead atoms. The number of hydrogen-bond acceptors (Lipinski definition) is 10. The van der Waals surface area contributed by atoms with Crippen molar-refractivity contribution in [2.24, 2.45) is 17.6 Å². The van der Waals surface area contributed by atoms with E-state index in [0.717, 1.165) is 37.8 Å². The zero-order valence-electron chi connectivity index (χ0n) is 31.6. The minimum absolute atomic E-state index is 0.00187. The molecule has 19 heteroatoms. The summed E-state index contributed by atoms with van der Waals surface area (Å²) in [5, 5.41) is 5.07. The zero-order valence-corrected chi connectivity index (χ0v) is 31.6. The van der Waals surface area contributed by atoms with Gasteiger partial charge in [0, 0.05) is 62.3 Å². The first-order valence-electron chi connectivity index (χ1n) is 19.1. The molecule has 3 aromatic rings. The Hall–Kier alpha value is -5.88. The first kappa shape index (κ1) is 41.7. The van der Waals surface area contributed by atoms with E-state index in [0.29, 0.717) is 45.1 Å². The van der Waals surface area contributed by atoms with E-state index in [4.69, 9.17) is 19.6 Å². The minimum atomic E-state index is -3.21. The highest BCUT2D eigenvalue weighted by Gasteiger charge is 2.36. The number of oxazole rings is 1. The molecule has 2 atom stereocenters. The van der Waals surface area contributed by atoms with Crippen molar-refractivity contribution in [2.75, 3.05) is 39.3 Å². The third-order valence-electron chi connectivity index (χ3n) is 9.92. The van der Waals surface area contributed by atoms with Gasteiger partial charge in [0.15, 0.2) is 29.1 Å². The second kappa shape index (κ2) is 18.6. The number of carbonyl (C=O) groups is 5. The van der Waals surface area contributed by atoms with E-state index in [1.165, 1.54) is 25.1 Å². The van der Waals surface area contributed by atoms with Crippen molar-refractivity contribution < 1.29 is 60.2 Å². The summed E-state index contributed by atoms with van der Waals surface area (Å²) in [5.41, 5.74) is 4.47. The maximum Gasteiger partial charge on any atom is 0.405 e. The highest BCUT2D eigenvalue weighted by Crippen LogP contribution is 2.36. The average molecular weight is 817 g/mol. The summed E-state index contributed by atoms with van der Waals surface area (Å²) < 4.78 is 76.8. The maximum atomic E-state index is 15.0. The molecule has 2 aromatic carbocycles. The number of carbonyl (C=O) groups excluding carboxylic acids is 5. The van der Waals surface area contributed by atoms with Gasteiger partial charge in [-0.25, -0.2) is 18.6 Å². The van der Waals surface area contributed by atoms with Gasteiger partial charge in [0.2, 0.25) is 23.6 Å². The summed E-state index contributed by atoms with van der Waals surface area (Å²) in [6, 6.07) is 4.58. The second-order valence-electron chi connectivity index (χ2n) is 14.4. The predicted octanol–water partition coefficient (Wildman–Crippen LogP) is 5.00. The Kier molecular flexibility index (Phi) is 13.4. The fourth-order valence-electron chi connectivity index (χ4n) is 6.44. The Morgan fingerprint density at radius 2 is 1.67 bits per heavy atom. The number of aromatic nitrogens is 1. The quantitative estimate of drug-likeness (QED) is 0.116. The van der Waals surface area contributed by atoms with Crippen LogP contribution in [0.2, 0.25) is 0 Å². The van der Waals surface area contributed by atoms with E-state index < -0.39 is 54.0 Å². The monoisotopic (exact) mass is 816 g/mol. The third kappa shape index (κ3) is 10.9. The van der Waals surface area contributed by atoms with Crippen LogP contribution in [0.3, 0.4) is 0 Å². The summed E-state index contributed by atoms with van der Waals surface area (Å²) in [6.07, 6.45) is 2.07. The number of nitrogens with one attached hydrogen (secondary N) is 2. The van der Waals surface area contributed by atoms with Crippen molar-refractivity contribution in [2.45, 2.75) is 70.6 Å². The number of halogens is 4. The van der Waals surface area contributed by atoms with E-state index in [9.17, 15) is 41.5 Å². The van der Waals surface area contributed by atoms with E-state index in [-0.39, 0.29) is 77.5 Å². The standard InChI is InChI=1S/C39H44F4N6O9/c1-21(56-39(44)54)33-32(35(52)46-31(34(51)45-20-22-5-6-22)26-11-10-25(40)19-27(26)41)47-36(58-33)24-9-12-28(57-38(42)43)29(18-24)55-17-3-2-4-30(50)48-13-15-49(16-14-48)37(53)23-7-8-23/h9-12,18-19,21-23,31,38H,2-8,13-17,20H2,1H3,(H2,44,54)(H,45,51)(H,46,52). The number of ether oxygens (including phenoxy) is 3. The lowest BCUT2D eigenvalue weighted by atomic mass is 10.0. The fraction of sp³-hybridized carbons (Fsp3) is 0.487. The molecule has 3 fully saturated rings. The maximum absolute atomic E-state index is 15.0. The number of nitrogens with two attached hydrogens (primary N) is 1. The largest absolute Gasteiger partial charge is 0.490 e. The number of hydrogen-bond donors (Lipinski definition) is 3. The smallest absolute Gasteiger partial charge is 0.405 e. The van der Waals surface area contributed by atoms with Crippen LogP contribution in [0.15, 0.2) is 40.8 Å². The molecule has 0 radical (unpaired) electrons. The molecule has 3 aliphatic rings. The van der Waals surface area contributed by atoms with Gasteiger partial charge >= 0.3 is 12.7 Å². The number of alkyl halides is 2. The van der Waals surface area contributed by atoms with Crippen molar-refractivity contribution in [3.63, 3.8) is 0 Å². The molecule has 15 nitrogen and oxygen atoms in total. The van der Waals surface area contributed by atoms with Crippen LogP contribution in [0.25, 0.3) is 11.5 Å². The van der Waals surface area contributed by atoms with Crippen molar-refractivity contribution in [3.8, 4) is 23.0 Å². The van der Waals surface area contributed by atoms with Crippen LogP contribution in [-0.4, -0.2) is 90.4 Å². The van der Waals surface area contributed by atoms with Crippen LogP contribution in [0.1, 0.15) is 85.8 Å². The minimum Gasteiger partial charge on any atom is -0.490 e. The normalized spacial score (nSPS) is 16.4. The lowest BCUT2D eigenvalue weighted by Crippen LogP contribution is -2.51. The number of rotatable bonds is 18. The number of unbranched alkanes of at least 4 members (excludes halogenated alkanes) is 1. The summed E-state index contributed by atoms with van der Waals surface area (Å²) in [4.78, 5) is 71.7. The van der Waals surface area contributed by atoms with E-state index >= 15 is 0 Å². The number of piperazine rings is 1. The molecule has 1 aliphatic heterocycles. The Labute approximate surface area is 330 Å². The molecule has 0 spiro atoms. The van der Waals surface area contributed by atoms with E-state index in [1.807, 2.05) is 0 Å². The summed E-state index contributed by atoms with van der Waals surface area (Å²) in [6.45, 7) is 0.286. The first-order chi connectivity index (χ1) is 27.8. The number of primary amides is 1. The lowest BCUT2D eigenvalue weighted by Gasteiger charge is -2.35. The Bertz CT molecular complexity index is 2000. The van der Waals surface area contributed by atoms with Crippen molar-refractivity contribution in [1.29, 1.82) is 0 Å². The second-order valence-corrected chi connectivity index (χ2v) is 14.4. The third-order valence-corrected chi connectivity index (χ3v) is 9.92. The Morgan fingerprint density at radius 3 is 2.33 bits per heavy atom. The fourth-order valence-corrected chi connectivity index (χ4v) is 6.44. The number of amides is 5. The molecule has 312 valence electrons. The molecule has 5 amide bonds. The van der Waals surface area contributed by atoms with Gasteiger partial charge < -0.3 is 44.8 Å². The van der Waals surface area contributed by atoms with Crippen molar-refractivity contribution >= 4 is 29.7 Å². The molecule has 58 heavy (non-hydrogen) atoms. The van der Waals surface area contributed by atoms with Gasteiger partial charge in [-0.2, -0.15) is 8.78 Å². The predicted molar refractivity (Wildman–Crippen MR) is 195 cm³/mol. The molecule has 1 aromatic heterocycles. The number of nitrogens with zero attached hydrogens (tertiary/aromatic N) is 3. The highest BCUT2D eigenvalue weighted by atomic mass is 19.3. The van der Waals surface area contributed by atoms with Crippen molar-refractivity contribution in [3.05, 3.63) is 65.1 Å². The summed E-state index contributed by atoms with van der Waals surface area (Å²) >= 11 is 0. The molecule has 6 rings (SSSR count). The van der Waals surface area contributed by atoms with Gasteiger partial charge in [-0.3, -0.25) is 19.2 Å². The molecule has 2 heterocycles. The summed E-state index contributed by atoms with van der Waals surface area (Å²) in [5.74, 6) is -4.50. The highest BCUT2D eigenvalue weighted by molar-refractivity contribution is 5.97. The molecular formula is C39H44F4N6O9. The molecule has 2 aliphatic carbocycles. The van der Waals surface area contributed by atoms with Gasteiger partial charge in [0.25, 0.3) is 5.91 Å². The Morgan fingerprint density at radius 1 is 0.948 bits per heavy atom. The van der Waals surface area contributed by atoms with Crippen LogP contribution >= 0.6 is 0 Å². The number of benzene rings is 2. The van der Waals surface area contributed by atoms with Gasteiger partial charge in [-0.1, -0.05) is 6.07 Å². The molecule has 1 saturated heterocycles. The van der Waals surface area contributed by atoms with Crippen LogP contribution < -0.4 is 25.8 Å². The topological polar surface area (TPSA) is 196 Å². The lowest BCUT2D eigenvalue weighted by molar-refractivity contribution is -0.140. The van der Waals surface area contributed by atoms with Crippen LogP contribution in [0.5, 0.6) is 11.5 Å². The van der Waals surface area contributed by atoms with Crippen LogP contribution in [0, 0.1) is 23.5 Å². The molecule has 2 saturated carbocycles. The Balaban J connectivity index is 1.16. The van der Waals surface area contributed by atoms with Gasteiger partial charge in [-0.05, 0) is 75.6 Å². The van der Waals surface area contributed by atoms with Crippen LogP contribution in [-0.2, 0) is 19.1 Å².